The lowest BCUT2D eigenvalue weighted by Crippen LogP contribution is -2.24. The van der Waals surface area contributed by atoms with Gasteiger partial charge in [-0.15, -0.1) is 16.8 Å². The van der Waals surface area contributed by atoms with Gasteiger partial charge >= 0.3 is 0 Å². The van der Waals surface area contributed by atoms with Crippen LogP contribution in [0.4, 0.5) is 0 Å². The number of nitrogens with one attached hydrogen (secondary N) is 1. The van der Waals surface area contributed by atoms with Crippen molar-refractivity contribution in [2.45, 2.75) is 24.0 Å². The number of benzene rings is 2. The zero-order valence-corrected chi connectivity index (χ0v) is 18.1. The van der Waals surface area contributed by atoms with Crippen LogP contribution in [-0.4, -0.2) is 20.7 Å². The van der Waals surface area contributed by atoms with Gasteiger partial charge in [0.15, 0.2) is 11.0 Å². The number of aromatic nitrogens is 3. The average Bonchev–Trinajstić information content (AvgIpc) is 3.08. The fraction of sp³-hybridized carbons (Fsp3) is 0.150. The number of nitrogens with zero attached hydrogens (tertiary/aromatic N) is 3. The summed E-state index contributed by atoms with van der Waals surface area (Å²) in [5, 5.41) is 12.8. The van der Waals surface area contributed by atoms with E-state index in [0.29, 0.717) is 23.0 Å². The standard InChI is InChI=1S/C20H18BrClN4OS/c1-2-11-26-18(12-23-19(27)15-5-9-17(22)10-6-15)24-25-20(26)28-13-14-3-7-16(21)8-4-14/h2-10H,1,11-13H2,(H,23,27). The van der Waals surface area contributed by atoms with Gasteiger partial charge in [0.2, 0.25) is 0 Å². The maximum absolute atomic E-state index is 12.3. The number of amides is 1. The molecule has 3 rings (SSSR count). The SMILES string of the molecule is C=CCn1c(CNC(=O)c2ccc(Cl)cc2)nnc1SCc1ccc(Br)cc1. The minimum absolute atomic E-state index is 0.186. The van der Waals surface area contributed by atoms with Gasteiger partial charge in [-0.25, -0.2) is 0 Å². The van der Waals surface area contributed by atoms with Crippen molar-refractivity contribution in [1.82, 2.24) is 20.1 Å². The molecular formula is C20H18BrClN4OS. The van der Waals surface area contributed by atoms with Crippen molar-refractivity contribution in [3.63, 3.8) is 0 Å². The molecule has 0 fully saturated rings. The van der Waals surface area contributed by atoms with Gasteiger partial charge in [0.1, 0.15) is 0 Å². The van der Waals surface area contributed by atoms with E-state index in [1.54, 1.807) is 42.1 Å². The van der Waals surface area contributed by atoms with Crippen LogP contribution in [0, 0.1) is 0 Å². The van der Waals surface area contributed by atoms with Crippen LogP contribution in [0.25, 0.3) is 0 Å². The third-order valence-electron chi connectivity index (χ3n) is 3.90. The quantitative estimate of drug-likeness (QED) is 0.362. The Bertz CT molecular complexity index is 957. The monoisotopic (exact) mass is 476 g/mol. The van der Waals surface area contributed by atoms with Crippen molar-refractivity contribution in [2.24, 2.45) is 0 Å². The van der Waals surface area contributed by atoms with Crippen LogP contribution < -0.4 is 5.32 Å². The van der Waals surface area contributed by atoms with Crippen molar-refractivity contribution in [1.29, 1.82) is 0 Å². The molecule has 0 atom stereocenters. The molecule has 5 nitrogen and oxygen atoms in total. The summed E-state index contributed by atoms with van der Waals surface area (Å²) < 4.78 is 3.01. The molecule has 8 heteroatoms. The number of hydrogen-bond acceptors (Lipinski definition) is 4. The van der Waals surface area contributed by atoms with E-state index in [9.17, 15) is 4.79 Å². The molecule has 0 bridgehead atoms. The van der Waals surface area contributed by atoms with E-state index in [0.717, 1.165) is 15.4 Å². The summed E-state index contributed by atoms with van der Waals surface area (Å²) in [6, 6.07) is 14.9. The Morgan fingerprint density at radius 3 is 2.57 bits per heavy atom. The van der Waals surface area contributed by atoms with E-state index in [4.69, 9.17) is 11.6 Å². The first-order valence-corrected chi connectivity index (χ1v) is 10.7. The fourth-order valence-corrected chi connectivity index (χ4v) is 3.77. The van der Waals surface area contributed by atoms with Crippen LogP contribution in [0.5, 0.6) is 0 Å². The van der Waals surface area contributed by atoms with E-state index < -0.39 is 0 Å². The van der Waals surface area contributed by atoms with Crippen LogP contribution in [-0.2, 0) is 18.8 Å². The first-order valence-electron chi connectivity index (χ1n) is 8.51. The Hall–Kier alpha value is -2.09. The molecule has 2 aromatic carbocycles. The molecule has 0 aliphatic heterocycles. The molecule has 0 spiro atoms. The third kappa shape index (κ3) is 5.47. The smallest absolute Gasteiger partial charge is 0.251 e. The minimum atomic E-state index is -0.186. The molecule has 0 unspecified atom stereocenters. The summed E-state index contributed by atoms with van der Waals surface area (Å²) in [6.45, 7) is 4.66. The third-order valence-corrected chi connectivity index (χ3v) is 5.72. The van der Waals surface area contributed by atoms with Gasteiger partial charge in [0.05, 0.1) is 6.54 Å². The van der Waals surface area contributed by atoms with Crippen molar-refractivity contribution < 1.29 is 4.79 Å². The molecule has 1 aromatic heterocycles. The van der Waals surface area contributed by atoms with Crippen LogP contribution in [0.3, 0.4) is 0 Å². The molecule has 0 aliphatic carbocycles. The molecule has 28 heavy (non-hydrogen) atoms. The Kier molecular flexibility index (Phi) is 7.30. The van der Waals surface area contributed by atoms with Crippen molar-refractivity contribution in [3.05, 3.63) is 87.6 Å². The second-order valence-corrected chi connectivity index (χ2v) is 8.20. The lowest BCUT2D eigenvalue weighted by molar-refractivity contribution is 0.0949. The number of hydrogen-bond donors (Lipinski definition) is 1. The summed E-state index contributed by atoms with van der Waals surface area (Å²) in [5.74, 6) is 1.27. The Morgan fingerprint density at radius 1 is 1.18 bits per heavy atom. The van der Waals surface area contributed by atoms with Crippen molar-refractivity contribution in [2.75, 3.05) is 0 Å². The van der Waals surface area contributed by atoms with Crippen molar-refractivity contribution in [3.8, 4) is 0 Å². The fourth-order valence-electron chi connectivity index (χ4n) is 2.46. The van der Waals surface area contributed by atoms with Gasteiger partial charge in [-0.3, -0.25) is 4.79 Å². The molecule has 1 heterocycles. The largest absolute Gasteiger partial charge is 0.345 e. The maximum Gasteiger partial charge on any atom is 0.251 e. The van der Waals surface area contributed by atoms with Gasteiger partial charge in [0, 0.05) is 27.4 Å². The van der Waals surface area contributed by atoms with Gasteiger partial charge in [-0.2, -0.15) is 0 Å². The van der Waals surface area contributed by atoms with Gasteiger partial charge < -0.3 is 9.88 Å². The number of carbonyl (C=O) groups is 1. The van der Waals surface area contributed by atoms with Crippen LogP contribution in [0.1, 0.15) is 21.7 Å². The topological polar surface area (TPSA) is 59.8 Å². The first kappa shape index (κ1) is 20.6. The summed E-state index contributed by atoms with van der Waals surface area (Å²) >= 11 is 10.9. The Labute approximate surface area is 181 Å². The molecule has 0 saturated carbocycles. The number of allylic oxidation sites excluding steroid dienone is 1. The summed E-state index contributed by atoms with van der Waals surface area (Å²) in [7, 11) is 0. The van der Waals surface area contributed by atoms with E-state index in [2.05, 4.69) is 50.2 Å². The molecular weight excluding hydrogens is 460 g/mol. The first-order chi connectivity index (χ1) is 13.6. The molecule has 1 amide bonds. The number of halogens is 2. The zero-order valence-electron chi connectivity index (χ0n) is 14.9. The van der Waals surface area contributed by atoms with E-state index in [-0.39, 0.29) is 12.5 Å². The minimum Gasteiger partial charge on any atom is -0.345 e. The lowest BCUT2D eigenvalue weighted by atomic mass is 10.2. The molecule has 0 radical (unpaired) electrons. The zero-order chi connectivity index (χ0) is 19.9. The summed E-state index contributed by atoms with van der Waals surface area (Å²) in [4.78, 5) is 12.3. The highest BCUT2D eigenvalue weighted by atomic mass is 79.9. The molecule has 0 aliphatic rings. The highest BCUT2D eigenvalue weighted by Crippen LogP contribution is 2.23. The highest BCUT2D eigenvalue weighted by molar-refractivity contribution is 9.10. The molecule has 1 N–H and O–H groups in total. The predicted molar refractivity (Wildman–Crippen MR) is 117 cm³/mol. The highest BCUT2D eigenvalue weighted by Gasteiger charge is 2.13. The Morgan fingerprint density at radius 2 is 1.89 bits per heavy atom. The normalized spacial score (nSPS) is 10.6. The molecule has 3 aromatic rings. The predicted octanol–water partition coefficient (Wildman–Crippen LogP) is 5.10. The second-order valence-electron chi connectivity index (χ2n) is 5.90. The summed E-state index contributed by atoms with van der Waals surface area (Å²) in [5.41, 5.74) is 1.74. The van der Waals surface area contributed by atoms with E-state index in [1.165, 1.54) is 5.56 Å². The van der Waals surface area contributed by atoms with Crippen LogP contribution in [0.2, 0.25) is 5.02 Å². The number of thioether (sulfide) groups is 1. The number of carbonyl (C=O) groups excluding carboxylic acids is 1. The van der Waals surface area contributed by atoms with Crippen molar-refractivity contribution >= 4 is 45.2 Å². The summed E-state index contributed by atoms with van der Waals surface area (Å²) in [6.07, 6.45) is 1.79. The molecule has 144 valence electrons. The maximum atomic E-state index is 12.3. The lowest BCUT2D eigenvalue weighted by Gasteiger charge is -2.09. The van der Waals surface area contributed by atoms with Crippen LogP contribution >= 0.6 is 39.3 Å². The van der Waals surface area contributed by atoms with Gasteiger partial charge in [0.25, 0.3) is 5.91 Å². The van der Waals surface area contributed by atoms with Gasteiger partial charge in [-0.1, -0.05) is 57.5 Å². The van der Waals surface area contributed by atoms with Crippen LogP contribution in [0.15, 0.2) is 70.8 Å². The van der Waals surface area contributed by atoms with E-state index in [1.807, 2.05) is 16.7 Å². The second kappa shape index (κ2) is 9.91. The molecule has 0 saturated heterocycles. The van der Waals surface area contributed by atoms with Gasteiger partial charge in [-0.05, 0) is 42.0 Å². The Balaban J connectivity index is 1.65. The van der Waals surface area contributed by atoms with E-state index >= 15 is 0 Å². The average molecular weight is 478 g/mol. The number of rotatable bonds is 8.